The Labute approximate surface area is 123 Å². The summed E-state index contributed by atoms with van der Waals surface area (Å²) in [5.74, 6) is 3.28. The summed E-state index contributed by atoms with van der Waals surface area (Å²) in [5, 5.41) is 6.03. The average Bonchev–Trinajstić information content (AvgIpc) is 2.85. The molecule has 3 fully saturated rings. The van der Waals surface area contributed by atoms with Gasteiger partial charge in [0.05, 0.1) is 6.42 Å². The van der Waals surface area contributed by atoms with Crippen molar-refractivity contribution in [2.45, 2.75) is 31.7 Å². The van der Waals surface area contributed by atoms with E-state index in [2.05, 4.69) is 10.6 Å². The van der Waals surface area contributed by atoms with E-state index in [1.807, 2.05) is 18.2 Å². The fraction of sp³-hybridized carbons (Fsp3) is 0.529. The molecule has 4 heteroatoms. The molecule has 4 atom stereocenters. The largest absolute Gasteiger partial charge is 0.349 e. The summed E-state index contributed by atoms with van der Waals surface area (Å²) >= 11 is 0. The highest BCUT2D eigenvalue weighted by Gasteiger charge is 2.65. The Kier molecular flexibility index (Phi) is 2.17. The summed E-state index contributed by atoms with van der Waals surface area (Å²) < 4.78 is 0. The van der Waals surface area contributed by atoms with Crippen molar-refractivity contribution in [2.24, 2.45) is 23.7 Å². The molecule has 4 nitrogen and oxygen atoms in total. The standard InChI is InChI=1S/C17H18N2O2/c20-13-7-11-6-10(3-4-12(11)18-13)17(21)19-16-14-8-1-2-9(5-8)15(14)16/h3-4,6,8-9,14-16H,1-2,5,7H2,(H,18,20)(H,19,21). The molecule has 1 heterocycles. The van der Waals surface area contributed by atoms with E-state index in [9.17, 15) is 9.59 Å². The second kappa shape index (κ2) is 3.87. The zero-order valence-electron chi connectivity index (χ0n) is 11.8. The van der Waals surface area contributed by atoms with Crippen LogP contribution in [0.3, 0.4) is 0 Å². The first kappa shape index (κ1) is 11.8. The first-order valence-electron chi connectivity index (χ1n) is 7.94. The van der Waals surface area contributed by atoms with E-state index in [0.717, 1.165) is 34.9 Å². The molecule has 4 aliphatic rings. The monoisotopic (exact) mass is 282 g/mol. The van der Waals surface area contributed by atoms with Gasteiger partial charge in [0.1, 0.15) is 0 Å². The molecule has 0 spiro atoms. The van der Waals surface area contributed by atoms with Crippen LogP contribution in [-0.4, -0.2) is 17.9 Å². The van der Waals surface area contributed by atoms with Crippen molar-refractivity contribution in [3.05, 3.63) is 29.3 Å². The number of amides is 2. The molecule has 1 aromatic rings. The molecule has 2 bridgehead atoms. The van der Waals surface area contributed by atoms with Crippen LogP contribution in [0.4, 0.5) is 5.69 Å². The molecule has 0 radical (unpaired) electrons. The number of anilines is 1. The SMILES string of the molecule is O=C1Cc2cc(C(=O)NC3C4C5CCC(C5)C34)ccc2N1. The summed E-state index contributed by atoms with van der Waals surface area (Å²) in [4.78, 5) is 23.8. The van der Waals surface area contributed by atoms with Crippen LogP contribution in [0.5, 0.6) is 0 Å². The third kappa shape index (κ3) is 1.62. The molecule has 0 aromatic heterocycles. The van der Waals surface area contributed by atoms with Crippen LogP contribution >= 0.6 is 0 Å². The van der Waals surface area contributed by atoms with Gasteiger partial charge in [-0.15, -0.1) is 0 Å². The van der Waals surface area contributed by atoms with Gasteiger partial charge in [0.25, 0.3) is 5.91 Å². The van der Waals surface area contributed by atoms with Crippen LogP contribution in [0.2, 0.25) is 0 Å². The fourth-order valence-corrected chi connectivity index (χ4v) is 5.12. The number of benzene rings is 1. The number of carbonyl (C=O) groups excluding carboxylic acids is 2. The lowest BCUT2D eigenvalue weighted by Gasteiger charge is -2.11. The van der Waals surface area contributed by atoms with Gasteiger partial charge in [-0.05, 0) is 66.7 Å². The molecule has 2 amide bonds. The van der Waals surface area contributed by atoms with Crippen molar-refractivity contribution in [3.63, 3.8) is 0 Å². The molecule has 21 heavy (non-hydrogen) atoms. The summed E-state index contributed by atoms with van der Waals surface area (Å²) in [6, 6.07) is 5.92. The number of carbonyl (C=O) groups is 2. The van der Waals surface area contributed by atoms with Crippen molar-refractivity contribution in [2.75, 3.05) is 5.32 Å². The van der Waals surface area contributed by atoms with E-state index in [-0.39, 0.29) is 11.8 Å². The summed E-state index contributed by atoms with van der Waals surface area (Å²) in [7, 11) is 0. The second-order valence-corrected chi connectivity index (χ2v) is 7.08. The van der Waals surface area contributed by atoms with Crippen LogP contribution in [0.15, 0.2) is 18.2 Å². The quantitative estimate of drug-likeness (QED) is 0.871. The molecule has 2 N–H and O–H groups in total. The number of rotatable bonds is 2. The van der Waals surface area contributed by atoms with Crippen molar-refractivity contribution in [1.82, 2.24) is 5.32 Å². The zero-order chi connectivity index (χ0) is 14.1. The minimum Gasteiger partial charge on any atom is -0.349 e. The van der Waals surface area contributed by atoms with Crippen molar-refractivity contribution >= 4 is 17.5 Å². The van der Waals surface area contributed by atoms with Crippen molar-refractivity contribution in [3.8, 4) is 0 Å². The van der Waals surface area contributed by atoms with E-state index in [1.165, 1.54) is 19.3 Å². The van der Waals surface area contributed by atoms with E-state index in [4.69, 9.17) is 0 Å². The predicted octanol–water partition coefficient (Wildman–Crippen LogP) is 1.96. The lowest BCUT2D eigenvalue weighted by Crippen LogP contribution is -2.29. The van der Waals surface area contributed by atoms with Gasteiger partial charge >= 0.3 is 0 Å². The minimum absolute atomic E-state index is 0.0101. The Morgan fingerprint density at radius 2 is 1.95 bits per heavy atom. The highest BCUT2D eigenvalue weighted by Crippen LogP contribution is 2.65. The second-order valence-electron chi connectivity index (χ2n) is 7.08. The van der Waals surface area contributed by atoms with Crippen molar-refractivity contribution in [1.29, 1.82) is 0 Å². The zero-order valence-corrected chi connectivity index (χ0v) is 11.8. The third-order valence-electron chi connectivity index (χ3n) is 6.03. The molecule has 1 aliphatic heterocycles. The smallest absolute Gasteiger partial charge is 0.251 e. The fourth-order valence-electron chi connectivity index (χ4n) is 5.12. The summed E-state index contributed by atoms with van der Waals surface area (Å²) in [6.07, 6.45) is 4.51. The summed E-state index contributed by atoms with van der Waals surface area (Å²) in [6.45, 7) is 0. The molecular weight excluding hydrogens is 264 g/mol. The Morgan fingerprint density at radius 3 is 2.71 bits per heavy atom. The Bertz CT molecular complexity index is 653. The molecule has 1 aromatic carbocycles. The number of fused-ring (bicyclic) bond motifs is 6. The number of hydrogen-bond acceptors (Lipinski definition) is 2. The van der Waals surface area contributed by atoms with Gasteiger partial charge in [-0.3, -0.25) is 9.59 Å². The Balaban J connectivity index is 1.32. The van der Waals surface area contributed by atoms with Crippen LogP contribution in [0, 0.1) is 23.7 Å². The van der Waals surface area contributed by atoms with Gasteiger partial charge in [0.2, 0.25) is 5.91 Å². The lowest BCUT2D eigenvalue weighted by atomic mass is 10.0. The average molecular weight is 282 g/mol. The molecule has 4 unspecified atom stereocenters. The maximum Gasteiger partial charge on any atom is 0.251 e. The van der Waals surface area contributed by atoms with E-state index >= 15 is 0 Å². The van der Waals surface area contributed by atoms with Crippen molar-refractivity contribution < 1.29 is 9.59 Å². The molecule has 3 aliphatic carbocycles. The molecular formula is C17H18N2O2. The van der Waals surface area contributed by atoms with Crippen LogP contribution in [0.25, 0.3) is 0 Å². The molecule has 0 saturated heterocycles. The van der Waals surface area contributed by atoms with Gasteiger partial charge in [-0.25, -0.2) is 0 Å². The van der Waals surface area contributed by atoms with Crippen LogP contribution < -0.4 is 10.6 Å². The van der Waals surface area contributed by atoms with E-state index < -0.39 is 0 Å². The first-order chi connectivity index (χ1) is 10.2. The topological polar surface area (TPSA) is 58.2 Å². The highest BCUT2D eigenvalue weighted by molar-refractivity contribution is 6.01. The van der Waals surface area contributed by atoms with Gasteiger partial charge in [0, 0.05) is 17.3 Å². The van der Waals surface area contributed by atoms with E-state index in [1.54, 1.807) is 0 Å². The number of hydrogen-bond donors (Lipinski definition) is 2. The van der Waals surface area contributed by atoms with E-state index in [0.29, 0.717) is 18.0 Å². The van der Waals surface area contributed by atoms with Gasteiger partial charge in [0.15, 0.2) is 0 Å². The predicted molar refractivity (Wildman–Crippen MR) is 77.8 cm³/mol. The van der Waals surface area contributed by atoms with Crippen LogP contribution in [0.1, 0.15) is 35.2 Å². The number of nitrogens with one attached hydrogen (secondary N) is 2. The van der Waals surface area contributed by atoms with Gasteiger partial charge < -0.3 is 10.6 Å². The maximum atomic E-state index is 12.4. The highest BCUT2D eigenvalue weighted by atomic mass is 16.2. The first-order valence-corrected chi connectivity index (χ1v) is 7.94. The molecule has 5 rings (SSSR count). The minimum atomic E-state index is 0.0101. The lowest BCUT2D eigenvalue weighted by molar-refractivity contribution is -0.115. The van der Waals surface area contributed by atoms with Gasteiger partial charge in [-0.1, -0.05) is 0 Å². The Hall–Kier alpha value is -1.84. The molecule has 3 saturated carbocycles. The summed E-state index contributed by atoms with van der Waals surface area (Å²) in [5.41, 5.74) is 2.46. The van der Waals surface area contributed by atoms with Gasteiger partial charge in [-0.2, -0.15) is 0 Å². The maximum absolute atomic E-state index is 12.4. The van der Waals surface area contributed by atoms with Crippen LogP contribution in [-0.2, 0) is 11.2 Å². The normalized spacial score (nSPS) is 37.9. The Morgan fingerprint density at radius 1 is 1.19 bits per heavy atom. The third-order valence-corrected chi connectivity index (χ3v) is 6.03. The molecule has 108 valence electrons.